The molecule has 0 fully saturated rings. The topological polar surface area (TPSA) is 20.3 Å². The predicted molar refractivity (Wildman–Crippen MR) is 81.8 cm³/mol. The normalized spacial score (nSPS) is 13.1. The van der Waals surface area contributed by atoms with Crippen LogP contribution in [0, 0.1) is 19.8 Å². The number of hydrogen-bond donors (Lipinski definition) is 0. The number of nitrogens with zero attached hydrogens (tertiary/aromatic N) is 1. The van der Waals surface area contributed by atoms with Crippen LogP contribution in [0.15, 0.2) is 18.2 Å². The molecule has 0 amide bonds. The second-order valence-corrected chi connectivity index (χ2v) is 6.14. The monoisotopic (exact) mass is 261 g/mol. The summed E-state index contributed by atoms with van der Waals surface area (Å²) in [6.07, 6.45) is 1.12. The van der Waals surface area contributed by atoms with Crippen LogP contribution in [0.2, 0.25) is 0 Å². The van der Waals surface area contributed by atoms with E-state index in [9.17, 15) is 4.79 Å². The Hall–Kier alpha value is -1.15. The first-order valence-electron chi connectivity index (χ1n) is 7.12. The minimum Gasteiger partial charge on any atom is -0.296 e. The number of benzene rings is 1. The van der Waals surface area contributed by atoms with Crippen molar-refractivity contribution in [1.29, 1.82) is 0 Å². The molecule has 1 aromatic carbocycles. The maximum atomic E-state index is 12.3. The predicted octanol–water partition coefficient (Wildman–Crippen LogP) is 3.85. The van der Waals surface area contributed by atoms with E-state index in [1.807, 2.05) is 26.1 Å². The largest absolute Gasteiger partial charge is 0.296 e. The van der Waals surface area contributed by atoms with E-state index in [0.717, 1.165) is 17.5 Å². The summed E-state index contributed by atoms with van der Waals surface area (Å²) in [7, 11) is 2.04. The summed E-state index contributed by atoms with van der Waals surface area (Å²) < 4.78 is 0. The molecule has 1 unspecified atom stereocenters. The van der Waals surface area contributed by atoms with Gasteiger partial charge in [-0.25, -0.2) is 0 Å². The highest BCUT2D eigenvalue weighted by molar-refractivity contribution is 5.98. The van der Waals surface area contributed by atoms with Crippen molar-refractivity contribution in [2.45, 2.75) is 47.1 Å². The van der Waals surface area contributed by atoms with E-state index in [2.05, 4.69) is 38.7 Å². The molecule has 0 N–H and O–H groups in total. The van der Waals surface area contributed by atoms with E-state index in [0.29, 0.717) is 18.5 Å². The van der Waals surface area contributed by atoms with E-state index in [1.165, 1.54) is 5.56 Å². The molecular weight excluding hydrogens is 234 g/mol. The summed E-state index contributed by atoms with van der Waals surface area (Å²) in [6.45, 7) is 11.2. The molecule has 19 heavy (non-hydrogen) atoms. The molecule has 2 nitrogen and oxygen atoms in total. The highest BCUT2D eigenvalue weighted by atomic mass is 16.1. The number of carbonyl (C=O) groups excluding carboxylic acids is 1. The Morgan fingerprint density at radius 1 is 1.21 bits per heavy atom. The maximum Gasteiger partial charge on any atom is 0.177 e. The lowest BCUT2D eigenvalue weighted by Gasteiger charge is -2.25. The molecule has 1 rings (SSSR count). The number of rotatable bonds is 6. The minimum atomic E-state index is 0.218. The third-order valence-corrected chi connectivity index (χ3v) is 3.64. The van der Waals surface area contributed by atoms with E-state index in [1.54, 1.807) is 0 Å². The first-order chi connectivity index (χ1) is 8.81. The summed E-state index contributed by atoms with van der Waals surface area (Å²) in [5, 5.41) is 0. The fraction of sp³-hybridized carbons (Fsp3) is 0.588. The lowest BCUT2D eigenvalue weighted by atomic mass is 10.0. The maximum absolute atomic E-state index is 12.3. The number of carbonyl (C=O) groups is 1. The van der Waals surface area contributed by atoms with E-state index in [-0.39, 0.29) is 5.78 Å². The van der Waals surface area contributed by atoms with Gasteiger partial charge in [0.05, 0.1) is 6.54 Å². The Morgan fingerprint density at radius 3 is 2.37 bits per heavy atom. The minimum absolute atomic E-state index is 0.218. The average Bonchev–Trinajstić information content (AvgIpc) is 2.27. The van der Waals surface area contributed by atoms with Crippen molar-refractivity contribution in [2.24, 2.45) is 5.92 Å². The quantitative estimate of drug-likeness (QED) is 0.725. The molecule has 1 aromatic rings. The smallest absolute Gasteiger partial charge is 0.177 e. The van der Waals surface area contributed by atoms with Gasteiger partial charge in [0.2, 0.25) is 0 Å². The van der Waals surface area contributed by atoms with Gasteiger partial charge in [-0.05, 0) is 45.7 Å². The van der Waals surface area contributed by atoms with Gasteiger partial charge < -0.3 is 0 Å². The lowest BCUT2D eigenvalue weighted by Crippen LogP contribution is -2.35. The second-order valence-electron chi connectivity index (χ2n) is 6.14. The van der Waals surface area contributed by atoms with Crippen LogP contribution in [-0.4, -0.2) is 30.3 Å². The Kier molecular flexibility index (Phi) is 5.74. The second kappa shape index (κ2) is 6.85. The van der Waals surface area contributed by atoms with Crippen molar-refractivity contribution in [3.63, 3.8) is 0 Å². The van der Waals surface area contributed by atoms with Crippen LogP contribution in [-0.2, 0) is 0 Å². The van der Waals surface area contributed by atoms with Gasteiger partial charge in [-0.3, -0.25) is 9.69 Å². The van der Waals surface area contributed by atoms with Crippen LogP contribution in [0.1, 0.15) is 48.7 Å². The standard InChI is InChI=1S/C17H27NO/c1-12(2)9-15(5)18(6)11-17(19)16-8-7-13(3)10-14(16)4/h7-8,10,12,15H,9,11H2,1-6H3. The molecule has 0 saturated carbocycles. The van der Waals surface area contributed by atoms with Gasteiger partial charge >= 0.3 is 0 Å². The Balaban J connectivity index is 2.68. The zero-order valence-electron chi connectivity index (χ0n) is 13.2. The van der Waals surface area contributed by atoms with Crippen molar-refractivity contribution in [3.8, 4) is 0 Å². The van der Waals surface area contributed by atoms with Gasteiger partial charge in [0.25, 0.3) is 0 Å². The fourth-order valence-corrected chi connectivity index (χ4v) is 2.46. The highest BCUT2D eigenvalue weighted by Crippen LogP contribution is 2.14. The Labute approximate surface area is 117 Å². The van der Waals surface area contributed by atoms with Crippen molar-refractivity contribution >= 4 is 5.78 Å². The van der Waals surface area contributed by atoms with Crippen LogP contribution in [0.3, 0.4) is 0 Å². The molecule has 0 aliphatic rings. The van der Waals surface area contributed by atoms with Crippen molar-refractivity contribution in [3.05, 3.63) is 34.9 Å². The third-order valence-electron chi connectivity index (χ3n) is 3.64. The first-order valence-corrected chi connectivity index (χ1v) is 7.12. The van der Waals surface area contributed by atoms with Gasteiger partial charge in [0.15, 0.2) is 5.78 Å². The van der Waals surface area contributed by atoms with E-state index >= 15 is 0 Å². The molecule has 0 aliphatic carbocycles. The molecule has 0 aliphatic heterocycles. The number of likely N-dealkylation sites (N-methyl/N-ethyl adjacent to an activating group) is 1. The van der Waals surface area contributed by atoms with Crippen LogP contribution in [0.5, 0.6) is 0 Å². The molecular formula is C17H27NO. The Morgan fingerprint density at radius 2 is 1.84 bits per heavy atom. The lowest BCUT2D eigenvalue weighted by molar-refractivity contribution is 0.0916. The van der Waals surface area contributed by atoms with Crippen molar-refractivity contribution in [2.75, 3.05) is 13.6 Å². The molecule has 1 atom stereocenters. The summed E-state index contributed by atoms with van der Waals surface area (Å²) >= 11 is 0. The van der Waals surface area contributed by atoms with Crippen LogP contribution >= 0.6 is 0 Å². The third kappa shape index (κ3) is 4.79. The van der Waals surface area contributed by atoms with E-state index < -0.39 is 0 Å². The molecule has 0 radical (unpaired) electrons. The molecule has 0 aromatic heterocycles. The number of ketones is 1. The molecule has 0 bridgehead atoms. The van der Waals surface area contributed by atoms with Gasteiger partial charge in [-0.15, -0.1) is 0 Å². The zero-order chi connectivity index (χ0) is 14.6. The van der Waals surface area contributed by atoms with Gasteiger partial charge in [-0.1, -0.05) is 37.6 Å². The number of aryl methyl sites for hydroxylation is 2. The summed E-state index contributed by atoms with van der Waals surface area (Å²) in [4.78, 5) is 14.5. The van der Waals surface area contributed by atoms with Crippen LogP contribution < -0.4 is 0 Å². The highest BCUT2D eigenvalue weighted by Gasteiger charge is 2.16. The van der Waals surface area contributed by atoms with Crippen LogP contribution in [0.25, 0.3) is 0 Å². The molecule has 2 heteroatoms. The molecule has 0 heterocycles. The van der Waals surface area contributed by atoms with E-state index in [4.69, 9.17) is 0 Å². The fourth-order valence-electron chi connectivity index (χ4n) is 2.46. The van der Waals surface area contributed by atoms with Crippen molar-refractivity contribution < 1.29 is 4.79 Å². The summed E-state index contributed by atoms with van der Waals surface area (Å²) in [5.74, 6) is 0.879. The van der Waals surface area contributed by atoms with Crippen molar-refractivity contribution in [1.82, 2.24) is 4.90 Å². The average molecular weight is 261 g/mol. The molecule has 106 valence electrons. The summed E-state index contributed by atoms with van der Waals surface area (Å²) in [6, 6.07) is 6.48. The molecule has 0 saturated heterocycles. The number of Topliss-reactive ketones (excluding diaryl/α,β-unsaturated/α-hetero) is 1. The van der Waals surface area contributed by atoms with Gasteiger partial charge in [0.1, 0.15) is 0 Å². The Bertz CT molecular complexity index is 437. The first kappa shape index (κ1) is 15.9. The molecule has 0 spiro atoms. The van der Waals surface area contributed by atoms with Crippen LogP contribution in [0.4, 0.5) is 0 Å². The number of hydrogen-bond acceptors (Lipinski definition) is 2. The zero-order valence-corrected chi connectivity index (χ0v) is 13.2. The van der Waals surface area contributed by atoms with Gasteiger partial charge in [0, 0.05) is 11.6 Å². The van der Waals surface area contributed by atoms with Gasteiger partial charge in [-0.2, -0.15) is 0 Å². The summed E-state index contributed by atoms with van der Waals surface area (Å²) in [5.41, 5.74) is 3.14. The SMILES string of the molecule is Cc1ccc(C(=O)CN(C)C(C)CC(C)C)c(C)c1.